The van der Waals surface area contributed by atoms with Gasteiger partial charge in [0.15, 0.2) is 11.5 Å². The van der Waals surface area contributed by atoms with E-state index in [2.05, 4.69) is 34.6 Å². The lowest BCUT2D eigenvalue weighted by Crippen LogP contribution is -2.39. The molecule has 0 fully saturated rings. The molecule has 0 spiro atoms. The van der Waals surface area contributed by atoms with Gasteiger partial charge in [0.05, 0.1) is 0 Å². The summed E-state index contributed by atoms with van der Waals surface area (Å²) in [6, 6.07) is 14.3. The summed E-state index contributed by atoms with van der Waals surface area (Å²) in [6.07, 6.45) is 0. The topological polar surface area (TPSA) is 44.7 Å². The van der Waals surface area contributed by atoms with Crippen LogP contribution in [0, 0.1) is 0 Å². The average Bonchev–Trinajstić information content (AvgIpc) is 2.75. The minimum absolute atomic E-state index is 0.134. The van der Waals surface area contributed by atoms with Crippen LogP contribution in [0.4, 0.5) is 0 Å². The summed E-state index contributed by atoms with van der Waals surface area (Å²) in [5, 5.41) is 5.29. The lowest BCUT2D eigenvalue weighted by Gasteiger charge is -2.21. The van der Waals surface area contributed by atoms with Gasteiger partial charge in [0, 0.05) is 14.1 Å². The van der Waals surface area contributed by atoms with Crippen molar-refractivity contribution in [2.24, 2.45) is 4.99 Å². The number of carbonyl (C=O) groups is 1. The molecule has 4 heteroatoms. The number of hydrogen-bond donors (Lipinski definition) is 1. The summed E-state index contributed by atoms with van der Waals surface area (Å²) >= 11 is 0. The van der Waals surface area contributed by atoms with Crippen LogP contribution in [-0.4, -0.2) is 30.7 Å². The van der Waals surface area contributed by atoms with E-state index in [1.54, 1.807) is 4.90 Å². The van der Waals surface area contributed by atoms with Crippen molar-refractivity contribution in [2.45, 2.75) is 12.6 Å². The highest BCUT2D eigenvalue weighted by molar-refractivity contribution is 6.39. The van der Waals surface area contributed by atoms with Crippen LogP contribution < -0.4 is 5.32 Å². The summed E-state index contributed by atoms with van der Waals surface area (Å²) < 4.78 is 0. The lowest BCUT2D eigenvalue weighted by molar-refractivity contribution is -0.115. The number of likely N-dealkylation sites (N-methyl/N-ethyl adjacent to an activating group) is 1. The molecule has 1 amide bonds. The summed E-state index contributed by atoms with van der Waals surface area (Å²) in [6.45, 7) is 1.92. The molecule has 0 radical (unpaired) electrons. The maximum atomic E-state index is 12.0. The Hall–Kier alpha value is -2.36. The first-order valence-electron chi connectivity index (χ1n) is 6.58. The van der Waals surface area contributed by atoms with E-state index in [9.17, 15) is 4.79 Å². The van der Waals surface area contributed by atoms with Crippen LogP contribution in [-0.2, 0) is 10.5 Å². The van der Waals surface area contributed by atoms with Crippen LogP contribution in [0.25, 0.3) is 10.8 Å². The van der Waals surface area contributed by atoms with E-state index < -0.39 is 5.66 Å². The Labute approximate surface area is 118 Å². The van der Waals surface area contributed by atoms with Crippen LogP contribution in [0.5, 0.6) is 0 Å². The zero-order valence-corrected chi connectivity index (χ0v) is 11.8. The van der Waals surface area contributed by atoms with E-state index in [0.29, 0.717) is 5.84 Å². The number of fused-ring (bicyclic) bond motifs is 1. The SMILES string of the molecule is CN(C)C1=NC(C)(c2ccc3ccccc3c2)NC1=O. The first kappa shape index (κ1) is 12.7. The van der Waals surface area contributed by atoms with Crippen LogP contribution in [0.2, 0.25) is 0 Å². The highest BCUT2D eigenvalue weighted by Crippen LogP contribution is 2.29. The summed E-state index contributed by atoms with van der Waals surface area (Å²) in [4.78, 5) is 18.3. The Morgan fingerprint density at radius 1 is 1.10 bits per heavy atom. The van der Waals surface area contributed by atoms with Crippen molar-refractivity contribution in [3.8, 4) is 0 Å². The van der Waals surface area contributed by atoms with Crippen LogP contribution in [0.15, 0.2) is 47.5 Å². The molecule has 20 heavy (non-hydrogen) atoms. The molecule has 4 nitrogen and oxygen atoms in total. The van der Waals surface area contributed by atoms with E-state index in [0.717, 1.165) is 10.9 Å². The van der Waals surface area contributed by atoms with Gasteiger partial charge in [-0.2, -0.15) is 0 Å². The number of nitrogens with one attached hydrogen (secondary N) is 1. The third-order valence-electron chi connectivity index (χ3n) is 3.62. The molecule has 3 rings (SSSR count). The zero-order valence-electron chi connectivity index (χ0n) is 11.8. The number of hydrogen-bond acceptors (Lipinski definition) is 3. The average molecular weight is 267 g/mol. The van der Waals surface area contributed by atoms with Crippen molar-refractivity contribution in [3.05, 3.63) is 48.0 Å². The number of carbonyl (C=O) groups excluding carboxylic acids is 1. The van der Waals surface area contributed by atoms with Crippen molar-refractivity contribution in [1.29, 1.82) is 0 Å². The van der Waals surface area contributed by atoms with Crippen molar-refractivity contribution in [1.82, 2.24) is 10.2 Å². The molecule has 1 aliphatic rings. The third-order valence-corrected chi connectivity index (χ3v) is 3.62. The molecule has 1 heterocycles. The molecule has 2 aromatic rings. The number of amides is 1. The highest BCUT2D eigenvalue weighted by atomic mass is 16.2. The number of benzene rings is 2. The first-order chi connectivity index (χ1) is 9.49. The minimum atomic E-state index is -0.694. The van der Waals surface area contributed by atoms with Crippen molar-refractivity contribution in [2.75, 3.05) is 14.1 Å². The molecule has 1 N–H and O–H groups in total. The molecule has 0 aromatic heterocycles. The lowest BCUT2D eigenvalue weighted by atomic mass is 9.99. The number of aliphatic imine (C=N–C) groups is 1. The number of nitrogens with zero attached hydrogens (tertiary/aromatic N) is 2. The van der Waals surface area contributed by atoms with E-state index in [1.807, 2.05) is 39.2 Å². The minimum Gasteiger partial charge on any atom is -0.358 e. The quantitative estimate of drug-likeness (QED) is 0.860. The van der Waals surface area contributed by atoms with Gasteiger partial charge in [-0.15, -0.1) is 0 Å². The van der Waals surface area contributed by atoms with Gasteiger partial charge in [0.25, 0.3) is 5.91 Å². The normalized spacial score (nSPS) is 21.8. The molecule has 1 unspecified atom stereocenters. The smallest absolute Gasteiger partial charge is 0.288 e. The van der Waals surface area contributed by atoms with Gasteiger partial charge in [0.2, 0.25) is 0 Å². The van der Waals surface area contributed by atoms with E-state index in [-0.39, 0.29) is 5.91 Å². The number of amidine groups is 1. The van der Waals surface area contributed by atoms with Crippen LogP contribution >= 0.6 is 0 Å². The first-order valence-corrected chi connectivity index (χ1v) is 6.58. The van der Waals surface area contributed by atoms with Gasteiger partial charge < -0.3 is 10.2 Å². The predicted octanol–water partition coefficient (Wildman–Crippen LogP) is 2.10. The zero-order chi connectivity index (χ0) is 14.3. The van der Waals surface area contributed by atoms with Gasteiger partial charge in [-0.25, -0.2) is 4.99 Å². The summed E-state index contributed by atoms with van der Waals surface area (Å²) in [7, 11) is 3.65. The van der Waals surface area contributed by atoms with E-state index in [1.165, 1.54) is 5.39 Å². The maximum Gasteiger partial charge on any atom is 0.288 e. The highest BCUT2D eigenvalue weighted by Gasteiger charge is 2.37. The van der Waals surface area contributed by atoms with Gasteiger partial charge in [-0.05, 0) is 29.3 Å². The van der Waals surface area contributed by atoms with Crippen molar-refractivity contribution < 1.29 is 4.79 Å². The standard InChI is InChI=1S/C16H17N3O/c1-16(17-14(19(2)3)15(20)18-16)13-9-8-11-6-4-5-7-12(11)10-13/h4-10H,1-3H3,(H,18,20). The van der Waals surface area contributed by atoms with Crippen molar-refractivity contribution in [3.63, 3.8) is 0 Å². The Morgan fingerprint density at radius 2 is 1.80 bits per heavy atom. The monoisotopic (exact) mass is 267 g/mol. The Balaban J connectivity index is 2.09. The summed E-state index contributed by atoms with van der Waals surface area (Å²) in [5.41, 5.74) is 0.294. The molecular formula is C16H17N3O. The van der Waals surface area contributed by atoms with Gasteiger partial charge >= 0.3 is 0 Å². The molecule has 2 aromatic carbocycles. The fourth-order valence-electron chi connectivity index (χ4n) is 2.50. The molecule has 0 saturated heterocycles. The van der Waals surface area contributed by atoms with Crippen molar-refractivity contribution >= 4 is 22.5 Å². The Kier molecular flexibility index (Phi) is 2.74. The largest absolute Gasteiger partial charge is 0.358 e. The molecule has 1 aliphatic heterocycles. The molecule has 0 aliphatic carbocycles. The maximum absolute atomic E-state index is 12.0. The second-order valence-corrected chi connectivity index (χ2v) is 5.42. The molecule has 102 valence electrons. The molecule has 0 bridgehead atoms. The second-order valence-electron chi connectivity index (χ2n) is 5.42. The van der Waals surface area contributed by atoms with Gasteiger partial charge in [-0.3, -0.25) is 4.79 Å². The van der Waals surface area contributed by atoms with Crippen LogP contribution in [0.1, 0.15) is 12.5 Å². The molecule has 1 atom stereocenters. The number of rotatable bonds is 1. The van der Waals surface area contributed by atoms with E-state index in [4.69, 9.17) is 0 Å². The Morgan fingerprint density at radius 3 is 2.45 bits per heavy atom. The molecular weight excluding hydrogens is 250 g/mol. The third kappa shape index (κ3) is 1.93. The fraction of sp³-hybridized carbons (Fsp3) is 0.250. The van der Waals surface area contributed by atoms with Crippen LogP contribution in [0.3, 0.4) is 0 Å². The van der Waals surface area contributed by atoms with E-state index >= 15 is 0 Å². The van der Waals surface area contributed by atoms with Gasteiger partial charge in [-0.1, -0.05) is 36.4 Å². The fourth-order valence-corrected chi connectivity index (χ4v) is 2.50. The second kappa shape index (κ2) is 4.34. The summed E-state index contributed by atoms with van der Waals surface area (Å²) in [5.74, 6) is 0.325. The molecule has 0 saturated carbocycles. The Bertz CT molecular complexity index is 720. The van der Waals surface area contributed by atoms with Gasteiger partial charge in [0.1, 0.15) is 0 Å². The predicted molar refractivity (Wildman–Crippen MR) is 80.6 cm³/mol.